The van der Waals surface area contributed by atoms with Gasteiger partial charge in [-0.2, -0.15) is 0 Å². The predicted octanol–water partition coefficient (Wildman–Crippen LogP) is 0.592. The quantitative estimate of drug-likeness (QED) is 0.875. The molecule has 2 N–H and O–H groups in total. The number of nitrogens with zero attached hydrogens (tertiary/aromatic N) is 2. The Morgan fingerprint density at radius 2 is 2.32 bits per heavy atom. The lowest BCUT2D eigenvalue weighted by molar-refractivity contribution is 0.121. The fourth-order valence-corrected chi connectivity index (χ4v) is 2.85. The van der Waals surface area contributed by atoms with Gasteiger partial charge in [-0.25, -0.2) is 18.5 Å². The smallest absolute Gasteiger partial charge is 0.243 e. The molecule has 0 bridgehead atoms. The lowest BCUT2D eigenvalue weighted by atomic mass is 10.0. The van der Waals surface area contributed by atoms with E-state index in [0.29, 0.717) is 12.6 Å². The molecule has 1 aliphatic rings. The molecule has 1 aliphatic heterocycles. The summed E-state index contributed by atoms with van der Waals surface area (Å²) in [6, 6.07) is 3.23. The number of nitrogens with two attached hydrogens (primary N) is 1. The fraction of sp³-hybridized carbons (Fsp3) is 0.583. The van der Waals surface area contributed by atoms with Crippen LogP contribution in [0.1, 0.15) is 19.3 Å². The van der Waals surface area contributed by atoms with Crippen LogP contribution in [0.25, 0.3) is 0 Å². The van der Waals surface area contributed by atoms with Crippen LogP contribution in [-0.2, 0) is 10.0 Å². The number of aromatic nitrogens is 1. The van der Waals surface area contributed by atoms with Gasteiger partial charge in [0, 0.05) is 12.2 Å². The van der Waals surface area contributed by atoms with Crippen molar-refractivity contribution in [3.8, 4) is 5.88 Å². The minimum atomic E-state index is -3.80. The van der Waals surface area contributed by atoms with Crippen LogP contribution < -0.4 is 9.88 Å². The molecule has 6 nitrogen and oxygen atoms in total. The highest BCUT2D eigenvalue weighted by atomic mass is 32.2. The minimum absolute atomic E-state index is 0.0616. The van der Waals surface area contributed by atoms with E-state index in [1.54, 1.807) is 0 Å². The summed E-state index contributed by atoms with van der Waals surface area (Å²) in [5.41, 5.74) is 0. The summed E-state index contributed by atoms with van der Waals surface area (Å²) < 4.78 is 28.4. The van der Waals surface area contributed by atoms with E-state index in [9.17, 15) is 8.42 Å². The summed E-state index contributed by atoms with van der Waals surface area (Å²) >= 11 is 0. The van der Waals surface area contributed by atoms with Crippen LogP contribution in [0.15, 0.2) is 23.2 Å². The van der Waals surface area contributed by atoms with Gasteiger partial charge in [-0.1, -0.05) is 6.42 Å². The number of primary sulfonamides is 1. The molecule has 0 amide bonds. The number of hydrogen-bond donors (Lipinski definition) is 1. The largest absolute Gasteiger partial charge is 0.475 e. The zero-order chi connectivity index (χ0) is 13.9. The molecule has 106 valence electrons. The second-order valence-corrected chi connectivity index (χ2v) is 6.32. The molecule has 1 fully saturated rings. The second-order valence-electron chi connectivity index (χ2n) is 4.79. The molecule has 1 saturated heterocycles. The summed E-state index contributed by atoms with van der Waals surface area (Å²) in [6.07, 6.45) is 4.91. The van der Waals surface area contributed by atoms with Gasteiger partial charge < -0.3 is 9.64 Å². The van der Waals surface area contributed by atoms with E-state index in [0.717, 1.165) is 13.0 Å². The summed E-state index contributed by atoms with van der Waals surface area (Å²) in [6.45, 7) is 1.47. The van der Waals surface area contributed by atoms with Gasteiger partial charge in [0.15, 0.2) is 0 Å². The Morgan fingerprint density at radius 1 is 1.53 bits per heavy atom. The van der Waals surface area contributed by atoms with Crippen molar-refractivity contribution in [2.45, 2.75) is 30.2 Å². The van der Waals surface area contributed by atoms with E-state index in [1.165, 1.54) is 31.2 Å². The van der Waals surface area contributed by atoms with E-state index in [2.05, 4.69) is 9.88 Å². The number of likely N-dealkylation sites (N-methyl/N-ethyl adjacent to an activating group) is 1. The molecule has 7 heteroatoms. The third-order valence-corrected chi connectivity index (χ3v) is 4.30. The zero-order valence-corrected chi connectivity index (χ0v) is 11.8. The molecule has 0 radical (unpaired) electrons. The highest BCUT2D eigenvalue weighted by Gasteiger charge is 2.21. The molecular formula is C12H19N3O3S. The van der Waals surface area contributed by atoms with Crippen molar-refractivity contribution in [1.29, 1.82) is 0 Å². The molecule has 1 aromatic rings. The molecule has 2 rings (SSSR count). The van der Waals surface area contributed by atoms with Gasteiger partial charge >= 0.3 is 0 Å². The highest BCUT2D eigenvalue weighted by molar-refractivity contribution is 7.89. The van der Waals surface area contributed by atoms with Gasteiger partial charge in [-0.15, -0.1) is 0 Å². The lowest BCUT2D eigenvalue weighted by Gasteiger charge is -2.32. The Morgan fingerprint density at radius 3 is 3.00 bits per heavy atom. The van der Waals surface area contributed by atoms with Gasteiger partial charge in [0.1, 0.15) is 11.5 Å². The van der Waals surface area contributed by atoms with Gasteiger partial charge in [-0.05, 0) is 38.6 Å². The zero-order valence-electron chi connectivity index (χ0n) is 10.9. The standard InChI is InChI=1S/C12H19N3O3S/c1-15-8-3-2-5-10(15)9-18-12-11(19(13,16)17)6-4-7-14-12/h4,6-7,10H,2-3,5,8-9H2,1H3,(H2,13,16,17). The van der Waals surface area contributed by atoms with Crippen molar-refractivity contribution >= 4 is 10.0 Å². The molecule has 0 aliphatic carbocycles. The first-order valence-corrected chi connectivity index (χ1v) is 7.84. The van der Waals surface area contributed by atoms with Crippen LogP contribution in [0.3, 0.4) is 0 Å². The maximum Gasteiger partial charge on any atom is 0.243 e. The SMILES string of the molecule is CN1CCCCC1COc1ncccc1S(N)(=O)=O. The van der Waals surface area contributed by atoms with Crippen LogP contribution >= 0.6 is 0 Å². The Kier molecular flexibility index (Phi) is 4.38. The molecule has 0 aromatic carbocycles. The number of hydrogen-bond acceptors (Lipinski definition) is 5. The molecule has 1 atom stereocenters. The van der Waals surface area contributed by atoms with E-state index in [-0.39, 0.29) is 10.8 Å². The second kappa shape index (κ2) is 5.85. The summed E-state index contributed by atoms with van der Waals surface area (Å²) in [5.74, 6) is 0.0870. The number of piperidine rings is 1. The van der Waals surface area contributed by atoms with Crippen molar-refractivity contribution in [2.75, 3.05) is 20.2 Å². The van der Waals surface area contributed by atoms with Crippen LogP contribution in [0.5, 0.6) is 5.88 Å². The third-order valence-electron chi connectivity index (χ3n) is 3.38. The average molecular weight is 285 g/mol. The minimum Gasteiger partial charge on any atom is -0.475 e. The normalized spacial score (nSPS) is 21.3. The first-order valence-electron chi connectivity index (χ1n) is 6.29. The number of pyridine rings is 1. The topological polar surface area (TPSA) is 85.5 Å². The number of ether oxygens (including phenoxy) is 1. The van der Waals surface area contributed by atoms with Gasteiger partial charge in [-0.3, -0.25) is 0 Å². The number of sulfonamides is 1. The first-order chi connectivity index (χ1) is 8.98. The Bertz CT molecular complexity index is 533. The molecule has 2 heterocycles. The molecule has 0 spiro atoms. The van der Waals surface area contributed by atoms with Crippen LogP contribution in [0.4, 0.5) is 0 Å². The van der Waals surface area contributed by atoms with Crippen LogP contribution in [0.2, 0.25) is 0 Å². The average Bonchev–Trinajstić information content (AvgIpc) is 2.37. The van der Waals surface area contributed by atoms with Crippen LogP contribution in [-0.4, -0.2) is 44.5 Å². The first kappa shape index (κ1) is 14.2. The van der Waals surface area contributed by atoms with Crippen molar-refractivity contribution in [3.05, 3.63) is 18.3 Å². The van der Waals surface area contributed by atoms with E-state index in [4.69, 9.17) is 9.88 Å². The van der Waals surface area contributed by atoms with Gasteiger partial charge in [0.2, 0.25) is 15.9 Å². The summed E-state index contributed by atoms with van der Waals surface area (Å²) in [5, 5.41) is 5.14. The summed E-state index contributed by atoms with van der Waals surface area (Å²) in [7, 11) is -1.75. The number of likely N-dealkylation sites (tertiary alicyclic amines) is 1. The van der Waals surface area contributed by atoms with Crippen molar-refractivity contribution in [3.63, 3.8) is 0 Å². The molecule has 0 saturated carbocycles. The van der Waals surface area contributed by atoms with Gasteiger partial charge in [0.25, 0.3) is 0 Å². The molecule has 1 unspecified atom stereocenters. The van der Waals surface area contributed by atoms with E-state index in [1.807, 2.05) is 7.05 Å². The van der Waals surface area contributed by atoms with Crippen molar-refractivity contribution in [1.82, 2.24) is 9.88 Å². The lowest BCUT2D eigenvalue weighted by Crippen LogP contribution is -2.40. The van der Waals surface area contributed by atoms with Crippen molar-refractivity contribution < 1.29 is 13.2 Å². The molecule has 1 aromatic heterocycles. The Hall–Kier alpha value is -1.18. The number of rotatable bonds is 4. The van der Waals surface area contributed by atoms with Gasteiger partial charge in [0.05, 0.1) is 0 Å². The fourth-order valence-electron chi connectivity index (χ4n) is 2.23. The molecular weight excluding hydrogens is 266 g/mol. The van der Waals surface area contributed by atoms with E-state index >= 15 is 0 Å². The highest BCUT2D eigenvalue weighted by Crippen LogP contribution is 2.21. The van der Waals surface area contributed by atoms with Crippen molar-refractivity contribution in [2.24, 2.45) is 5.14 Å². The Balaban J connectivity index is 2.07. The molecule has 19 heavy (non-hydrogen) atoms. The van der Waals surface area contributed by atoms with E-state index < -0.39 is 10.0 Å². The monoisotopic (exact) mass is 285 g/mol. The predicted molar refractivity (Wildman–Crippen MR) is 71.4 cm³/mol. The maximum atomic E-state index is 11.4. The Labute approximate surface area is 113 Å². The third kappa shape index (κ3) is 3.65. The maximum absolute atomic E-state index is 11.4. The summed E-state index contributed by atoms with van der Waals surface area (Å²) in [4.78, 5) is 6.12. The van der Waals surface area contributed by atoms with Crippen LogP contribution in [0, 0.1) is 0 Å².